The van der Waals surface area contributed by atoms with Crippen LogP contribution in [0.25, 0.3) is 57.5 Å². The van der Waals surface area contributed by atoms with Gasteiger partial charge in [-0.3, -0.25) is 0 Å². The average Bonchev–Trinajstić information content (AvgIpc) is 3.59. The van der Waals surface area contributed by atoms with E-state index in [4.69, 9.17) is 14.7 Å². The van der Waals surface area contributed by atoms with Gasteiger partial charge in [0.1, 0.15) is 5.75 Å². The summed E-state index contributed by atoms with van der Waals surface area (Å²) in [5, 5.41) is 0. The van der Waals surface area contributed by atoms with E-state index in [0.29, 0.717) is 0 Å². The summed E-state index contributed by atoms with van der Waals surface area (Å²) in [5.74, 6) is 0.835. The predicted octanol–water partition coefficient (Wildman–Crippen LogP) is 6.33. The summed E-state index contributed by atoms with van der Waals surface area (Å²) in [4.78, 5) is 16.5. The van der Waals surface area contributed by atoms with E-state index in [1.807, 2.05) is 48.6 Å². The first-order chi connectivity index (χ1) is 15.7. The van der Waals surface area contributed by atoms with Crippen molar-refractivity contribution in [2.75, 3.05) is 7.11 Å². The number of fused-ring (bicyclic) bond motifs is 8. The Labute approximate surface area is 204 Å². The number of rotatable bonds is 2. The molecule has 0 saturated carbocycles. The zero-order valence-corrected chi connectivity index (χ0v) is 19.3. The van der Waals surface area contributed by atoms with Gasteiger partial charge in [0.05, 0.1) is 29.9 Å². The fraction of sp³-hybridized carbons (Fsp3) is 0.0370. The average molecular weight is 523 g/mol. The summed E-state index contributed by atoms with van der Waals surface area (Å²) in [6, 6.07) is 22.6. The molecular weight excluding hydrogens is 503 g/mol. The van der Waals surface area contributed by atoms with Crippen molar-refractivity contribution in [3.63, 3.8) is 0 Å². The molecule has 8 bridgehead atoms. The van der Waals surface area contributed by atoms with Crippen LogP contribution in [0.3, 0.4) is 0 Å². The molecule has 2 aliphatic rings. The molecule has 6 heteroatoms. The van der Waals surface area contributed by atoms with Gasteiger partial charge in [-0.05, 0) is 84.5 Å². The molecule has 4 aromatic rings. The molecule has 0 saturated heterocycles. The molecule has 164 valence electrons. The Bertz CT molecular complexity index is 1560. The van der Waals surface area contributed by atoms with Crippen LogP contribution in [0.1, 0.15) is 22.8 Å². The Balaban J connectivity index is 0.00000228. The van der Waals surface area contributed by atoms with Crippen molar-refractivity contribution in [1.82, 2.24) is 19.9 Å². The van der Waals surface area contributed by atoms with E-state index in [-0.39, 0.29) is 20.4 Å². The Morgan fingerprint density at radius 3 is 1.73 bits per heavy atom. The van der Waals surface area contributed by atoms with Gasteiger partial charge in [0.15, 0.2) is 0 Å². The van der Waals surface area contributed by atoms with E-state index in [1.165, 1.54) is 0 Å². The molecule has 6 rings (SSSR count). The quantitative estimate of drug-likeness (QED) is 0.261. The number of ether oxygens (including phenoxy) is 1. The summed E-state index contributed by atoms with van der Waals surface area (Å²) in [7, 11) is 1.68. The Morgan fingerprint density at radius 2 is 1.15 bits per heavy atom. The topological polar surface area (TPSA) is 66.6 Å². The van der Waals surface area contributed by atoms with Crippen LogP contribution in [0.2, 0.25) is 0 Å². The summed E-state index contributed by atoms with van der Waals surface area (Å²) < 4.78 is 5.32. The van der Waals surface area contributed by atoms with Crippen LogP contribution in [0.5, 0.6) is 5.75 Å². The van der Waals surface area contributed by atoms with Crippen molar-refractivity contribution < 1.29 is 25.2 Å². The van der Waals surface area contributed by atoms with Crippen LogP contribution in [0, 0.1) is 0 Å². The van der Waals surface area contributed by atoms with Crippen molar-refractivity contribution in [2.45, 2.75) is 0 Å². The summed E-state index contributed by atoms with van der Waals surface area (Å²) in [6.45, 7) is 0. The number of nitrogens with one attached hydrogen (secondary N) is 2. The second-order valence-corrected chi connectivity index (χ2v) is 7.82. The molecular formula is C27H20N4OPd. The van der Waals surface area contributed by atoms with E-state index < -0.39 is 0 Å². The van der Waals surface area contributed by atoms with Crippen LogP contribution < -0.4 is 4.74 Å². The molecule has 3 aromatic heterocycles. The van der Waals surface area contributed by atoms with Crippen LogP contribution >= 0.6 is 0 Å². The Morgan fingerprint density at radius 1 is 0.606 bits per heavy atom. The smallest absolute Gasteiger partial charge is 0.118 e. The predicted molar refractivity (Wildman–Crippen MR) is 131 cm³/mol. The zero-order valence-electron chi connectivity index (χ0n) is 17.8. The van der Waals surface area contributed by atoms with E-state index >= 15 is 0 Å². The van der Waals surface area contributed by atoms with Gasteiger partial charge in [0.25, 0.3) is 0 Å². The molecule has 0 amide bonds. The fourth-order valence-corrected chi connectivity index (χ4v) is 4.03. The first-order valence-corrected chi connectivity index (χ1v) is 10.4. The number of benzene rings is 1. The van der Waals surface area contributed by atoms with Crippen molar-refractivity contribution >= 4 is 46.4 Å². The number of methoxy groups -OCH3 is 1. The molecule has 2 aliphatic heterocycles. The first kappa shape index (κ1) is 21.1. The third kappa shape index (κ3) is 4.32. The molecule has 2 N–H and O–H groups in total. The molecule has 0 atom stereocenters. The van der Waals surface area contributed by atoms with Crippen molar-refractivity contribution in [2.24, 2.45) is 0 Å². The number of hydrogen-bond acceptors (Lipinski definition) is 3. The number of hydrogen-bond donors (Lipinski definition) is 2. The van der Waals surface area contributed by atoms with Gasteiger partial charge >= 0.3 is 0 Å². The van der Waals surface area contributed by atoms with Gasteiger partial charge in [0.2, 0.25) is 0 Å². The molecule has 0 unspecified atom stereocenters. The van der Waals surface area contributed by atoms with Crippen LogP contribution in [0.15, 0.2) is 66.7 Å². The standard InChI is InChI=1S/C27H20N4O.Pd/c1-32-25-10-2-17(3-11-25)26-15-24-14-22-7-6-20(29-22)12-18-4-5-19(28-18)13-21-8-9-23(30-21)16-27(26)31-24;/h2-16,28,31H,1H3;. The molecule has 0 fully saturated rings. The zero-order chi connectivity index (χ0) is 21.5. The minimum Gasteiger partial charge on any atom is -0.497 e. The Hall–Kier alpha value is -3.72. The Kier molecular flexibility index (Phi) is 5.55. The third-order valence-corrected chi connectivity index (χ3v) is 5.57. The molecule has 0 aliphatic carbocycles. The molecule has 5 nitrogen and oxygen atoms in total. The normalized spacial score (nSPS) is 11.9. The van der Waals surface area contributed by atoms with Gasteiger partial charge in [-0.25, -0.2) is 9.97 Å². The first-order valence-electron chi connectivity index (χ1n) is 10.4. The van der Waals surface area contributed by atoms with Gasteiger partial charge in [0, 0.05) is 48.1 Å². The van der Waals surface area contributed by atoms with Crippen LogP contribution in [-0.2, 0) is 20.4 Å². The maximum Gasteiger partial charge on any atom is 0.118 e. The SMILES string of the molecule is COc1ccc(-c2cc3cc4nc(cc5ccc(cc6nc(cc2[nH]3)C=C6)[nH]5)C=C4)cc1.[Pd]. The fourth-order valence-electron chi connectivity index (χ4n) is 4.03. The van der Waals surface area contributed by atoms with E-state index in [0.717, 1.165) is 61.7 Å². The van der Waals surface area contributed by atoms with Crippen molar-refractivity contribution in [3.05, 3.63) is 89.5 Å². The third-order valence-electron chi connectivity index (χ3n) is 5.57. The number of H-pyrrole nitrogens is 2. The molecule has 1 aromatic carbocycles. The summed E-state index contributed by atoms with van der Waals surface area (Å²) in [6.07, 6.45) is 8.12. The second-order valence-electron chi connectivity index (χ2n) is 7.82. The molecule has 0 spiro atoms. The minimum atomic E-state index is 0. The van der Waals surface area contributed by atoms with Gasteiger partial charge < -0.3 is 14.7 Å². The summed E-state index contributed by atoms with van der Waals surface area (Å²) >= 11 is 0. The minimum absolute atomic E-state index is 0. The summed E-state index contributed by atoms with van der Waals surface area (Å²) in [5.41, 5.74) is 9.84. The van der Waals surface area contributed by atoms with Gasteiger partial charge in [-0.15, -0.1) is 0 Å². The van der Waals surface area contributed by atoms with Crippen LogP contribution in [0.4, 0.5) is 0 Å². The molecule has 33 heavy (non-hydrogen) atoms. The van der Waals surface area contributed by atoms with Crippen molar-refractivity contribution in [1.29, 1.82) is 0 Å². The van der Waals surface area contributed by atoms with Crippen molar-refractivity contribution in [3.8, 4) is 16.9 Å². The second kappa shape index (κ2) is 8.67. The molecule has 5 heterocycles. The van der Waals surface area contributed by atoms with E-state index in [2.05, 4.69) is 52.4 Å². The van der Waals surface area contributed by atoms with E-state index in [9.17, 15) is 0 Å². The maximum atomic E-state index is 5.32. The van der Waals surface area contributed by atoms with E-state index in [1.54, 1.807) is 7.11 Å². The maximum absolute atomic E-state index is 5.32. The molecule has 0 radical (unpaired) electrons. The monoisotopic (exact) mass is 522 g/mol. The largest absolute Gasteiger partial charge is 0.497 e. The van der Waals surface area contributed by atoms with Crippen LogP contribution in [-0.4, -0.2) is 27.0 Å². The number of aromatic amines is 2. The van der Waals surface area contributed by atoms with Gasteiger partial charge in [-0.2, -0.15) is 0 Å². The number of nitrogens with zero attached hydrogens (tertiary/aromatic N) is 2. The number of aromatic nitrogens is 4. The van der Waals surface area contributed by atoms with Gasteiger partial charge in [-0.1, -0.05) is 12.1 Å².